The number of hydrogen-bond donors (Lipinski definition) is 0. The minimum Gasteiger partial charge on any atom is -0.497 e. The molecule has 0 aromatic heterocycles. The van der Waals surface area contributed by atoms with Crippen LogP contribution in [0.5, 0.6) is 5.75 Å². The van der Waals surface area contributed by atoms with Crippen LogP contribution in [0, 0.1) is 0 Å². The van der Waals surface area contributed by atoms with Gasteiger partial charge in [0.15, 0.2) is 0 Å². The molecular formula is C18H29N3O5S. The van der Waals surface area contributed by atoms with Gasteiger partial charge in [-0.05, 0) is 30.7 Å². The number of piperazine rings is 1. The number of hydrogen-bond acceptors (Lipinski definition) is 6. The molecule has 0 aliphatic carbocycles. The lowest BCUT2D eigenvalue weighted by atomic mass is 10.2. The second kappa shape index (κ2) is 9.91. The lowest BCUT2D eigenvalue weighted by molar-refractivity contribution is -0.131. The molecule has 1 amide bonds. The van der Waals surface area contributed by atoms with Crippen molar-refractivity contribution in [1.82, 2.24) is 9.21 Å². The number of nitrogens with zero attached hydrogens (tertiary/aromatic N) is 3. The summed E-state index contributed by atoms with van der Waals surface area (Å²) in [5.41, 5.74) is 1.08. The van der Waals surface area contributed by atoms with E-state index in [0.717, 1.165) is 17.7 Å². The highest BCUT2D eigenvalue weighted by Gasteiger charge is 2.26. The van der Waals surface area contributed by atoms with E-state index in [0.29, 0.717) is 39.2 Å². The normalized spacial score (nSPS) is 15.3. The van der Waals surface area contributed by atoms with Crippen LogP contribution in [0.3, 0.4) is 0 Å². The summed E-state index contributed by atoms with van der Waals surface area (Å²) in [4.78, 5) is 16.5. The molecule has 1 aromatic rings. The largest absolute Gasteiger partial charge is 0.497 e. The summed E-state index contributed by atoms with van der Waals surface area (Å²) in [5.74, 6) is 0.647. The van der Waals surface area contributed by atoms with E-state index in [2.05, 4.69) is 4.90 Å². The Kier molecular flexibility index (Phi) is 7.88. The molecule has 1 saturated heterocycles. The van der Waals surface area contributed by atoms with E-state index >= 15 is 0 Å². The van der Waals surface area contributed by atoms with Crippen LogP contribution >= 0.6 is 0 Å². The Balaban J connectivity index is 1.88. The second-order valence-corrected chi connectivity index (χ2v) is 8.49. The van der Waals surface area contributed by atoms with Crippen LogP contribution in [0.15, 0.2) is 24.3 Å². The van der Waals surface area contributed by atoms with E-state index in [1.807, 2.05) is 24.3 Å². The molecule has 2 rings (SSSR count). The maximum absolute atomic E-state index is 12.6. The Morgan fingerprint density at radius 2 is 1.74 bits per heavy atom. The predicted octanol–water partition coefficient (Wildman–Crippen LogP) is 0.642. The fourth-order valence-electron chi connectivity index (χ4n) is 3.01. The van der Waals surface area contributed by atoms with Gasteiger partial charge in [0.25, 0.3) is 0 Å². The van der Waals surface area contributed by atoms with Gasteiger partial charge >= 0.3 is 0 Å². The average molecular weight is 400 g/mol. The van der Waals surface area contributed by atoms with E-state index in [4.69, 9.17) is 9.47 Å². The van der Waals surface area contributed by atoms with Gasteiger partial charge in [-0.1, -0.05) is 0 Å². The van der Waals surface area contributed by atoms with Crippen LogP contribution in [0.4, 0.5) is 5.69 Å². The monoisotopic (exact) mass is 399 g/mol. The summed E-state index contributed by atoms with van der Waals surface area (Å²) in [5, 5.41) is 0. The van der Waals surface area contributed by atoms with Crippen molar-refractivity contribution in [3.05, 3.63) is 24.3 Å². The summed E-state index contributed by atoms with van der Waals surface area (Å²) in [6.45, 7) is 3.18. The summed E-state index contributed by atoms with van der Waals surface area (Å²) in [7, 11) is -0.230. The van der Waals surface area contributed by atoms with Gasteiger partial charge in [0, 0.05) is 52.1 Å². The topological polar surface area (TPSA) is 79.4 Å². The molecule has 152 valence electrons. The third kappa shape index (κ3) is 6.37. The van der Waals surface area contributed by atoms with Crippen LogP contribution in [0.25, 0.3) is 0 Å². The minimum atomic E-state index is -3.43. The third-order valence-electron chi connectivity index (χ3n) is 4.61. The van der Waals surface area contributed by atoms with Gasteiger partial charge in [-0.3, -0.25) is 4.79 Å². The quantitative estimate of drug-likeness (QED) is 0.567. The molecule has 0 unspecified atom stereocenters. The van der Waals surface area contributed by atoms with Gasteiger partial charge in [-0.2, -0.15) is 4.31 Å². The van der Waals surface area contributed by atoms with Crippen molar-refractivity contribution >= 4 is 21.6 Å². The number of ether oxygens (including phenoxy) is 2. The minimum absolute atomic E-state index is 0.120. The standard InChI is InChI=1S/C18H29N3O5S/c1-25-14-4-9-21(27(3,23)24)15-18(22)20-12-10-19(11-13-20)16-5-7-17(26-2)8-6-16/h5-8H,4,9-15H2,1-3H3. The second-order valence-electron chi connectivity index (χ2n) is 6.51. The summed E-state index contributed by atoms with van der Waals surface area (Å²) in [6.07, 6.45) is 1.69. The molecule has 27 heavy (non-hydrogen) atoms. The molecule has 0 atom stereocenters. The number of methoxy groups -OCH3 is 2. The number of amides is 1. The number of sulfonamides is 1. The Morgan fingerprint density at radius 3 is 2.26 bits per heavy atom. The first kappa shape index (κ1) is 21.5. The van der Waals surface area contributed by atoms with Crippen LogP contribution < -0.4 is 9.64 Å². The first-order valence-corrected chi connectivity index (χ1v) is 10.8. The highest BCUT2D eigenvalue weighted by Crippen LogP contribution is 2.20. The van der Waals surface area contributed by atoms with Gasteiger partial charge in [-0.25, -0.2) is 8.42 Å². The first-order chi connectivity index (χ1) is 12.8. The molecule has 1 aliphatic heterocycles. The van der Waals surface area contributed by atoms with Crippen molar-refractivity contribution in [1.29, 1.82) is 0 Å². The molecule has 9 heteroatoms. The van der Waals surface area contributed by atoms with Gasteiger partial charge in [0.05, 0.1) is 19.9 Å². The Hall–Kier alpha value is -1.84. The van der Waals surface area contributed by atoms with Crippen molar-refractivity contribution in [2.75, 3.05) is 71.3 Å². The van der Waals surface area contributed by atoms with Gasteiger partial charge in [0.2, 0.25) is 15.9 Å². The Bertz CT molecular complexity index is 700. The predicted molar refractivity (Wildman–Crippen MR) is 105 cm³/mol. The number of rotatable bonds is 9. The smallest absolute Gasteiger partial charge is 0.238 e. The molecule has 1 fully saturated rings. The average Bonchev–Trinajstić information content (AvgIpc) is 2.66. The zero-order valence-electron chi connectivity index (χ0n) is 16.3. The molecule has 1 heterocycles. The SMILES string of the molecule is COCCCN(CC(=O)N1CCN(c2ccc(OC)cc2)CC1)S(C)(=O)=O. The summed E-state index contributed by atoms with van der Waals surface area (Å²) >= 11 is 0. The molecule has 0 N–H and O–H groups in total. The zero-order chi connectivity index (χ0) is 19.9. The van der Waals surface area contributed by atoms with Gasteiger partial charge in [0.1, 0.15) is 5.75 Å². The van der Waals surface area contributed by atoms with Crippen LogP contribution in [0.1, 0.15) is 6.42 Å². The van der Waals surface area contributed by atoms with Crippen LogP contribution in [0.2, 0.25) is 0 Å². The highest BCUT2D eigenvalue weighted by molar-refractivity contribution is 7.88. The number of benzene rings is 1. The molecule has 8 nitrogen and oxygen atoms in total. The lowest BCUT2D eigenvalue weighted by Gasteiger charge is -2.36. The summed E-state index contributed by atoms with van der Waals surface area (Å²) < 4.78 is 35.2. The number of anilines is 1. The molecular weight excluding hydrogens is 370 g/mol. The van der Waals surface area contributed by atoms with Crippen molar-refractivity contribution in [3.63, 3.8) is 0 Å². The fraction of sp³-hybridized carbons (Fsp3) is 0.611. The van der Waals surface area contributed by atoms with E-state index in [1.165, 1.54) is 4.31 Å². The van der Waals surface area contributed by atoms with Crippen LogP contribution in [-0.4, -0.2) is 89.9 Å². The molecule has 1 aliphatic rings. The van der Waals surface area contributed by atoms with E-state index in [9.17, 15) is 13.2 Å². The fourth-order valence-corrected chi connectivity index (χ4v) is 3.81. The van der Waals surface area contributed by atoms with E-state index in [1.54, 1.807) is 19.1 Å². The highest BCUT2D eigenvalue weighted by atomic mass is 32.2. The van der Waals surface area contributed by atoms with Gasteiger partial charge < -0.3 is 19.3 Å². The first-order valence-electron chi connectivity index (χ1n) is 8.96. The van der Waals surface area contributed by atoms with E-state index < -0.39 is 10.0 Å². The van der Waals surface area contributed by atoms with Crippen molar-refractivity contribution in [3.8, 4) is 5.75 Å². The van der Waals surface area contributed by atoms with Crippen molar-refractivity contribution in [2.45, 2.75) is 6.42 Å². The third-order valence-corrected chi connectivity index (χ3v) is 5.86. The number of carbonyl (C=O) groups is 1. The van der Waals surface area contributed by atoms with Crippen LogP contribution in [-0.2, 0) is 19.6 Å². The van der Waals surface area contributed by atoms with Gasteiger partial charge in [-0.15, -0.1) is 0 Å². The van der Waals surface area contributed by atoms with Crippen molar-refractivity contribution < 1.29 is 22.7 Å². The molecule has 1 aromatic carbocycles. The maximum atomic E-state index is 12.6. The molecule has 0 bridgehead atoms. The molecule has 0 saturated carbocycles. The lowest BCUT2D eigenvalue weighted by Crippen LogP contribution is -2.52. The molecule has 0 spiro atoms. The maximum Gasteiger partial charge on any atom is 0.238 e. The van der Waals surface area contributed by atoms with E-state index in [-0.39, 0.29) is 19.0 Å². The zero-order valence-corrected chi connectivity index (χ0v) is 17.1. The Labute approximate surface area is 161 Å². The van der Waals surface area contributed by atoms with Crippen molar-refractivity contribution in [2.24, 2.45) is 0 Å². The molecule has 0 radical (unpaired) electrons. The summed E-state index contributed by atoms with van der Waals surface area (Å²) in [6, 6.07) is 7.82. The Morgan fingerprint density at radius 1 is 1.11 bits per heavy atom. The number of carbonyl (C=O) groups excluding carboxylic acids is 1.